The molecule has 0 saturated carbocycles. The molecule has 0 aromatic heterocycles. The fraction of sp³-hybridized carbons (Fsp3) is 0.316. The van der Waals surface area contributed by atoms with Gasteiger partial charge in [-0.3, -0.25) is 4.79 Å². The molecule has 1 aliphatic rings. The smallest absolute Gasteiger partial charge is 0.376 e. The summed E-state index contributed by atoms with van der Waals surface area (Å²) < 4.78 is 65.0. The van der Waals surface area contributed by atoms with Crippen LogP contribution >= 0.6 is 11.6 Å². The van der Waals surface area contributed by atoms with Crippen molar-refractivity contribution >= 4 is 33.2 Å². The molecule has 1 heterocycles. The van der Waals surface area contributed by atoms with Crippen molar-refractivity contribution in [2.75, 3.05) is 38.0 Å². The van der Waals surface area contributed by atoms with E-state index in [-0.39, 0.29) is 49.2 Å². The van der Waals surface area contributed by atoms with Crippen LogP contribution in [0.2, 0.25) is 5.02 Å². The van der Waals surface area contributed by atoms with Crippen molar-refractivity contribution in [2.24, 2.45) is 0 Å². The first-order valence-corrected chi connectivity index (χ1v) is 10.8. The van der Waals surface area contributed by atoms with Gasteiger partial charge in [-0.15, -0.1) is 0 Å². The number of carbonyl (C=O) groups is 1. The second kappa shape index (κ2) is 8.83. The van der Waals surface area contributed by atoms with E-state index in [2.05, 4.69) is 5.32 Å². The molecule has 0 spiro atoms. The van der Waals surface area contributed by atoms with E-state index < -0.39 is 21.8 Å². The third-order valence-corrected chi connectivity index (χ3v) is 6.79. The zero-order chi connectivity index (χ0) is 21.9. The van der Waals surface area contributed by atoms with E-state index >= 15 is 0 Å². The van der Waals surface area contributed by atoms with Crippen LogP contribution in [-0.2, 0) is 21.0 Å². The Balaban J connectivity index is 1.56. The lowest BCUT2D eigenvalue weighted by Crippen LogP contribution is -2.51. The van der Waals surface area contributed by atoms with Gasteiger partial charge in [0.25, 0.3) is 0 Å². The van der Waals surface area contributed by atoms with Crippen LogP contribution in [0.25, 0.3) is 0 Å². The van der Waals surface area contributed by atoms with Gasteiger partial charge in [-0.05, 0) is 36.4 Å². The molecule has 1 aliphatic heterocycles. The van der Waals surface area contributed by atoms with Gasteiger partial charge in [0.15, 0.2) is 0 Å². The Morgan fingerprint density at radius 2 is 1.70 bits per heavy atom. The average molecular weight is 462 g/mol. The average Bonchev–Trinajstić information content (AvgIpc) is 2.71. The summed E-state index contributed by atoms with van der Waals surface area (Å²) >= 11 is 5.87. The maximum Gasteiger partial charge on any atom is 0.416 e. The lowest BCUT2D eigenvalue weighted by Gasteiger charge is -2.34. The molecule has 3 rings (SSSR count). The number of halogens is 4. The standard InChI is InChI=1S/C19H19ClF3N3O3S/c20-15-4-2-6-17(12-15)30(28,29)26-9-7-25(8-10-26)18(27)13-24-16-5-1-3-14(11-16)19(21,22)23/h1-6,11-12,24H,7-10,13H2. The van der Waals surface area contributed by atoms with Crippen LogP contribution in [0.4, 0.5) is 18.9 Å². The first-order chi connectivity index (χ1) is 14.1. The fourth-order valence-corrected chi connectivity index (χ4v) is 4.77. The summed E-state index contributed by atoms with van der Waals surface area (Å²) in [5.74, 6) is -0.327. The summed E-state index contributed by atoms with van der Waals surface area (Å²) in [5, 5.41) is 3.00. The minimum absolute atomic E-state index is 0.0842. The van der Waals surface area contributed by atoms with Crippen molar-refractivity contribution in [1.29, 1.82) is 0 Å². The summed E-state index contributed by atoms with van der Waals surface area (Å²) in [6.45, 7) is 0.405. The Labute approximate surface area is 177 Å². The number of anilines is 1. The van der Waals surface area contributed by atoms with Crippen LogP contribution < -0.4 is 5.32 Å². The molecule has 2 aromatic rings. The number of nitrogens with one attached hydrogen (secondary N) is 1. The maximum absolute atomic E-state index is 12.8. The minimum Gasteiger partial charge on any atom is -0.376 e. The molecule has 0 atom stereocenters. The molecule has 30 heavy (non-hydrogen) atoms. The van der Waals surface area contributed by atoms with Gasteiger partial charge in [0.05, 0.1) is 17.0 Å². The normalized spacial score (nSPS) is 15.8. The molecule has 2 aromatic carbocycles. The number of amides is 1. The van der Waals surface area contributed by atoms with Gasteiger partial charge in [0.1, 0.15) is 0 Å². The quantitative estimate of drug-likeness (QED) is 0.741. The zero-order valence-electron chi connectivity index (χ0n) is 15.7. The van der Waals surface area contributed by atoms with Crippen molar-refractivity contribution in [3.63, 3.8) is 0 Å². The molecule has 1 fully saturated rings. The molecule has 0 bridgehead atoms. The second-order valence-corrected chi connectivity index (χ2v) is 9.05. The van der Waals surface area contributed by atoms with Gasteiger partial charge in [-0.2, -0.15) is 17.5 Å². The highest BCUT2D eigenvalue weighted by molar-refractivity contribution is 7.89. The van der Waals surface area contributed by atoms with Crippen LogP contribution in [0.5, 0.6) is 0 Å². The van der Waals surface area contributed by atoms with E-state index in [0.717, 1.165) is 12.1 Å². The van der Waals surface area contributed by atoms with Crippen LogP contribution in [0.3, 0.4) is 0 Å². The molecular formula is C19H19ClF3N3O3S. The molecular weight excluding hydrogens is 443 g/mol. The predicted octanol–water partition coefficient (Wildman–Crippen LogP) is 3.30. The van der Waals surface area contributed by atoms with Gasteiger partial charge < -0.3 is 10.2 Å². The topological polar surface area (TPSA) is 69.7 Å². The Morgan fingerprint density at radius 1 is 1.03 bits per heavy atom. The van der Waals surface area contributed by atoms with Gasteiger partial charge in [0.2, 0.25) is 15.9 Å². The molecule has 0 unspecified atom stereocenters. The van der Waals surface area contributed by atoms with Crippen LogP contribution in [-0.4, -0.2) is 56.3 Å². The molecule has 162 valence electrons. The number of carbonyl (C=O) groups excluding carboxylic acids is 1. The zero-order valence-corrected chi connectivity index (χ0v) is 17.3. The van der Waals surface area contributed by atoms with E-state index in [4.69, 9.17) is 11.6 Å². The molecule has 1 saturated heterocycles. The number of sulfonamides is 1. The maximum atomic E-state index is 12.8. The lowest BCUT2D eigenvalue weighted by molar-refractivity contribution is -0.137. The number of benzene rings is 2. The summed E-state index contributed by atoms with van der Waals surface area (Å²) in [4.78, 5) is 13.9. The van der Waals surface area contributed by atoms with E-state index in [9.17, 15) is 26.4 Å². The Morgan fingerprint density at radius 3 is 2.33 bits per heavy atom. The van der Waals surface area contributed by atoms with Crippen molar-refractivity contribution in [2.45, 2.75) is 11.1 Å². The summed E-state index contributed by atoms with van der Waals surface area (Å²) in [6.07, 6.45) is -4.47. The first-order valence-electron chi connectivity index (χ1n) is 9.02. The third kappa shape index (κ3) is 5.24. The van der Waals surface area contributed by atoms with Crippen molar-refractivity contribution in [3.05, 3.63) is 59.1 Å². The Bertz CT molecular complexity index is 1020. The molecule has 6 nitrogen and oxygen atoms in total. The number of piperazine rings is 1. The molecule has 1 N–H and O–H groups in total. The molecule has 1 amide bonds. The summed E-state index contributed by atoms with van der Waals surface area (Å²) in [7, 11) is -3.72. The molecule has 0 aliphatic carbocycles. The Hall–Kier alpha value is -2.30. The number of hydrogen-bond donors (Lipinski definition) is 1. The number of rotatable bonds is 5. The van der Waals surface area contributed by atoms with Crippen LogP contribution in [0, 0.1) is 0 Å². The third-order valence-electron chi connectivity index (χ3n) is 4.66. The highest BCUT2D eigenvalue weighted by atomic mass is 35.5. The van der Waals surface area contributed by atoms with Gasteiger partial charge in [-0.1, -0.05) is 23.7 Å². The van der Waals surface area contributed by atoms with E-state index in [1.165, 1.54) is 33.5 Å². The predicted molar refractivity (Wildman–Crippen MR) is 107 cm³/mol. The van der Waals surface area contributed by atoms with Crippen LogP contribution in [0.1, 0.15) is 5.56 Å². The fourth-order valence-electron chi connectivity index (χ4n) is 3.05. The van der Waals surface area contributed by atoms with E-state index in [0.29, 0.717) is 5.02 Å². The van der Waals surface area contributed by atoms with Crippen molar-refractivity contribution < 1.29 is 26.4 Å². The first kappa shape index (κ1) is 22.4. The minimum atomic E-state index is -4.47. The van der Waals surface area contributed by atoms with Crippen molar-refractivity contribution in [1.82, 2.24) is 9.21 Å². The lowest BCUT2D eigenvalue weighted by atomic mass is 10.2. The van der Waals surface area contributed by atoms with E-state index in [1.54, 1.807) is 12.1 Å². The number of nitrogens with zero attached hydrogens (tertiary/aromatic N) is 2. The van der Waals surface area contributed by atoms with E-state index in [1.807, 2.05) is 0 Å². The van der Waals surface area contributed by atoms with Gasteiger partial charge in [-0.25, -0.2) is 8.42 Å². The summed E-state index contributed by atoms with van der Waals surface area (Å²) in [6, 6.07) is 10.5. The monoisotopic (exact) mass is 461 g/mol. The van der Waals surface area contributed by atoms with Crippen LogP contribution in [0.15, 0.2) is 53.4 Å². The number of alkyl halides is 3. The number of hydrogen-bond acceptors (Lipinski definition) is 4. The SMILES string of the molecule is O=C(CNc1cccc(C(F)(F)F)c1)N1CCN(S(=O)(=O)c2cccc(Cl)c2)CC1. The largest absolute Gasteiger partial charge is 0.416 e. The highest BCUT2D eigenvalue weighted by Gasteiger charge is 2.31. The Kier molecular flexibility index (Phi) is 6.59. The van der Waals surface area contributed by atoms with Crippen molar-refractivity contribution in [3.8, 4) is 0 Å². The highest BCUT2D eigenvalue weighted by Crippen LogP contribution is 2.30. The molecule has 11 heteroatoms. The molecule has 0 radical (unpaired) electrons. The van der Waals surface area contributed by atoms with Gasteiger partial charge in [0, 0.05) is 36.9 Å². The summed E-state index contributed by atoms with van der Waals surface area (Å²) in [5.41, 5.74) is -0.625. The van der Waals surface area contributed by atoms with Gasteiger partial charge >= 0.3 is 6.18 Å². The second-order valence-electron chi connectivity index (χ2n) is 6.67.